The highest BCUT2D eigenvalue weighted by Crippen LogP contribution is 2.14. The molecule has 0 spiro atoms. The molecular weight excluding hydrogens is 195 g/mol. The number of benzene rings is 1. The minimum absolute atomic E-state index is 0.200. The highest BCUT2D eigenvalue weighted by molar-refractivity contribution is 5.97. The Balaban J connectivity index is 2.80. The predicted molar refractivity (Wildman–Crippen MR) is 58.2 cm³/mol. The van der Waals surface area contributed by atoms with Crippen LogP contribution in [0.15, 0.2) is 24.3 Å². The van der Waals surface area contributed by atoms with E-state index in [1.54, 1.807) is 33.0 Å². The van der Waals surface area contributed by atoms with Crippen molar-refractivity contribution in [2.45, 2.75) is 19.4 Å². The molecule has 0 bridgehead atoms. The first-order valence-electron chi connectivity index (χ1n) is 4.72. The number of halogens is 1. The van der Waals surface area contributed by atoms with Crippen molar-refractivity contribution in [2.24, 2.45) is 0 Å². The topological polar surface area (TPSA) is 41.1 Å². The van der Waals surface area contributed by atoms with Crippen LogP contribution < -0.4 is 10.6 Å². The van der Waals surface area contributed by atoms with Crippen molar-refractivity contribution in [1.29, 1.82) is 0 Å². The van der Waals surface area contributed by atoms with E-state index in [4.69, 9.17) is 0 Å². The van der Waals surface area contributed by atoms with Gasteiger partial charge in [0.2, 0.25) is 5.91 Å². The first kappa shape index (κ1) is 11.7. The number of hydrogen-bond acceptors (Lipinski definition) is 2. The first-order chi connectivity index (χ1) is 6.97. The van der Waals surface area contributed by atoms with Gasteiger partial charge in [-0.3, -0.25) is 4.79 Å². The number of hydrogen-bond donors (Lipinski definition) is 2. The largest absolute Gasteiger partial charge is 0.322 e. The molecule has 0 heterocycles. The predicted octanol–water partition coefficient (Wildman–Crippen LogP) is 1.76. The highest BCUT2D eigenvalue weighted by atomic mass is 19.1. The molecule has 1 aromatic rings. The molecule has 82 valence electrons. The summed E-state index contributed by atoms with van der Waals surface area (Å²) in [6.07, 6.45) is 0. The molecule has 2 N–H and O–H groups in total. The Labute approximate surface area is 88.7 Å². The summed E-state index contributed by atoms with van der Waals surface area (Å²) in [7, 11) is 1.68. The Bertz CT molecular complexity index is 363. The van der Waals surface area contributed by atoms with Gasteiger partial charge in [0.05, 0.1) is 11.2 Å². The van der Waals surface area contributed by atoms with Gasteiger partial charge >= 0.3 is 0 Å². The summed E-state index contributed by atoms with van der Waals surface area (Å²) < 4.78 is 13.2. The summed E-state index contributed by atoms with van der Waals surface area (Å²) in [6.45, 7) is 3.45. The van der Waals surface area contributed by atoms with E-state index in [0.717, 1.165) is 0 Å². The van der Waals surface area contributed by atoms with Gasteiger partial charge in [-0.05, 0) is 33.0 Å². The quantitative estimate of drug-likeness (QED) is 0.798. The number of carbonyl (C=O) groups excluding carboxylic acids is 1. The molecule has 15 heavy (non-hydrogen) atoms. The second kappa shape index (κ2) is 4.40. The number of anilines is 1. The van der Waals surface area contributed by atoms with Gasteiger partial charge < -0.3 is 10.6 Å². The SMILES string of the molecule is CNC(C)(C)C(=O)Nc1ccccc1F. The average Bonchev–Trinajstić information content (AvgIpc) is 2.21. The Morgan fingerprint density at radius 3 is 2.47 bits per heavy atom. The van der Waals surface area contributed by atoms with E-state index in [-0.39, 0.29) is 11.6 Å². The van der Waals surface area contributed by atoms with Crippen molar-refractivity contribution in [3.63, 3.8) is 0 Å². The normalized spacial score (nSPS) is 11.2. The van der Waals surface area contributed by atoms with Gasteiger partial charge in [0.1, 0.15) is 5.82 Å². The Morgan fingerprint density at radius 2 is 1.93 bits per heavy atom. The van der Waals surface area contributed by atoms with Gasteiger partial charge in [0, 0.05) is 0 Å². The van der Waals surface area contributed by atoms with Gasteiger partial charge in [0.15, 0.2) is 0 Å². The smallest absolute Gasteiger partial charge is 0.244 e. The second-order valence-corrected chi connectivity index (χ2v) is 3.81. The minimum atomic E-state index is -0.720. The molecule has 0 radical (unpaired) electrons. The van der Waals surface area contributed by atoms with Crippen LogP contribution in [0.4, 0.5) is 10.1 Å². The van der Waals surface area contributed by atoms with Crippen molar-refractivity contribution in [3.8, 4) is 0 Å². The van der Waals surface area contributed by atoms with Gasteiger partial charge in [-0.15, -0.1) is 0 Å². The molecule has 0 atom stereocenters. The molecule has 0 aromatic heterocycles. The van der Waals surface area contributed by atoms with Crippen LogP contribution in [0.5, 0.6) is 0 Å². The maximum Gasteiger partial charge on any atom is 0.244 e. The number of amides is 1. The summed E-state index contributed by atoms with van der Waals surface area (Å²) in [5.74, 6) is -0.701. The number of nitrogens with one attached hydrogen (secondary N) is 2. The van der Waals surface area contributed by atoms with E-state index < -0.39 is 11.4 Å². The summed E-state index contributed by atoms with van der Waals surface area (Å²) in [6, 6.07) is 6.08. The Morgan fingerprint density at radius 1 is 1.33 bits per heavy atom. The third kappa shape index (κ3) is 2.76. The van der Waals surface area contributed by atoms with Crippen molar-refractivity contribution >= 4 is 11.6 Å². The highest BCUT2D eigenvalue weighted by Gasteiger charge is 2.25. The van der Waals surface area contributed by atoms with E-state index >= 15 is 0 Å². The molecule has 0 aliphatic heterocycles. The molecule has 0 unspecified atom stereocenters. The van der Waals surface area contributed by atoms with Crippen LogP contribution in [0.25, 0.3) is 0 Å². The van der Waals surface area contributed by atoms with E-state index in [1.165, 1.54) is 12.1 Å². The molecule has 0 saturated heterocycles. The molecule has 3 nitrogen and oxygen atoms in total. The third-order valence-corrected chi connectivity index (χ3v) is 2.31. The Kier molecular flexibility index (Phi) is 3.42. The van der Waals surface area contributed by atoms with Crippen LogP contribution in [-0.4, -0.2) is 18.5 Å². The van der Waals surface area contributed by atoms with Gasteiger partial charge in [0.25, 0.3) is 0 Å². The maximum absolute atomic E-state index is 13.2. The standard InChI is InChI=1S/C11H15FN2O/c1-11(2,13-3)10(15)14-9-7-5-4-6-8(9)12/h4-7,13H,1-3H3,(H,14,15). The molecule has 0 aliphatic carbocycles. The number of rotatable bonds is 3. The van der Waals surface area contributed by atoms with Crippen LogP contribution in [-0.2, 0) is 4.79 Å². The van der Waals surface area contributed by atoms with Gasteiger partial charge in [-0.1, -0.05) is 12.1 Å². The van der Waals surface area contributed by atoms with E-state index in [9.17, 15) is 9.18 Å². The van der Waals surface area contributed by atoms with Crippen LogP contribution >= 0.6 is 0 Å². The van der Waals surface area contributed by atoms with Gasteiger partial charge in [-0.2, -0.15) is 0 Å². The van der Waals surface area contributed by atoms with Crippen molar-refractivity contribution in [3.05, 3.63) is 30.1 Å². The van der Waals surface area contributed by atoms with E-state index in [2.05, 4.69) is 10.6 Å². The van der Waals surface area contributed by atoms with Crippen LogP contribution in [0.3, 0.4) is 0 Å². The van der Waals surface area contributed by atoms with Crippen LogP contribution in [0.1, 0.15) is 13.8 Å². The monoisotopic (exact) mass is 210 g/mol. The molecular formula is C11H15FN2O. The zero-order chi connectivity index (χ0) is 11.5. The zero-order valence-corrected chi connectivity index (χ0v) is 9.10. The molecule has 1 rings (SSSR count). The van der Waals surface area contributed by atoms with Crippen molar-refractivity contribution < 1.29 is 9.18 Å². The number of likely N-dealkylation sites (N-methyl/N-ethyl adjacent to an activating group) is 1. The minimum Gasteiger partial charge on any atom is -0.322 e. The average molecular weight is 210 g/mol. The molecule has 0 fully saturated rings. The fourth-order valence-corrected chi connectivity index (χ4v) is 0.955. The second-order valence-electron chi connectivity index (χ2n) is 3.81. The lowest BCUT2D eigenvalue weighted by Gasteiger charge is -2.22. The lowest BCUT2D eigenvalue weighted by molar-refractivity contribution is -0.121. The summed E-state index contributed by atoms with van der Waals surface area (Å²) in [5.41, 5.74) is -0.520. The number of para-hydroxylation sites is 1. The number of carbonyl (C=O) groups is 1. The molecule has 1 aromatic carbocycles. The molecule has 1 amide bonds. The van der Waals surface area contributed by atoms with E-state index in [1.807, 2.05) is 0 Å². The molecule has 0 aliphatic rings. The summed E-state index contributed by atoms with van der Waals surface area (Å²) >= 11 is 0. The summed E-state index contributed by atoms with van der Waals surface area (Å²) in [5, 5.41) is 5.37. The lowest BCUT2D eigenvalue weighted by atomic mass is 10.1. The maximum atomic E-state index is 13.2. The lowest BCUT2D eigenvalue weighted by Crippen LogP contribution is -2.48. The fourth-order valence-electron chi connectivity index (χ4n) is 0.955. The van der Waals surface area contributed by atoms with Gasteiger partial charge in [-0.25, -0.2) is 4.39 Å². The van der Waals surface area contributed by atoms with Crippen molar-refractivity contribution in [1.82, 2.24) is 5.32 Å². The molecule has 4 heteroatoms. The third-order valence-electron chi connectivity index (χ3n) is 2.31. The van der Waals surface area contributed by atoms with Crippen LogP contribution in [0.2, 0.25) is 0 Å². The summed E-state index contributed by atoms with van der Waals surface area (Å²) in [4.78, 5) is 11.7. The van der Waals surface area contributed by atoms with Crippen LogP contribution in [0, 0.1) is 5.82 Å². The molecule has 0 saturated carbocycles. The zero-order valence-electron chi connectivity index (χ0n) is 9.10. The van der Waals surface area contributed by atoms with E-state index in [0.29, 0.717) is 0 Å². The fraction of sp³-hybridized carbons (Fsp3) is 0.364. The Hall–Kier alpha value is -1.42. The van der Waals surface area contributed by atoms with Crippen molar-refractivity contribution in [2.75, 3.05) is 12.4 Å². The first-order valence-corrected chi connectivity index (χ1v) is 4.72.